The number of benzene rings is 1. The average molecular weight is 367 g/mol. The number of H-pyrrole nitrogens is 2. The molecule has 0 unspecified atom stereocenters. The first kappa shape index (κ1) is 15.6. The Morgan fingerprint density at radius 1 is 1.33 bits per heavy atom. The summed E-state index contributed by atoms with van der Waals surface area (Å²) in [4.78, 5) is 22.6. The number of carbonyl (C=O) groups excluding carboxylic acids is 1. The lowest BCUT2D eigenvalue weighted by Gasteiger charge is -2.23. The molecule has 4 heterocycles. The van der Waals surface area contributed by atoms with Gasteiger partial charge in [-0.05, 0) is 41.5 Å². The van der Waals surface area contributed by atoms with E-state index in [1.54, 1.807) is 11.0 Å². The van der Waals surface area contributed by atoms with Gasteiger partial charge in [-0.1, -0.05) is 0 Å². The second-order valence-electron chi connectivity index (χ2n) is 6.33. The number of aromatic amines is 2. The van der Waals surface area contributed by atoms with Gasteiger partial charge in [0.2, 0.25) is 0 Å². The van der Waals surface area contributed by atoms with Gasteiger partial charge in [-0.2, -0.15) is 9.78 Å². The highest BCUT2D eigenvalue weighted by atomic mass is 19.1. The predicted octanol–water partition coefficient (Wildman–Crippen LogP) is 1.38. The summed E-state index contributed by atoms with van der Waals surface area (Å²) in [6.07, 6.45) is 4.47. The van der Waals surface area contributed by atoms with Crippen molar-refractivity contribution in [1.29, 1.82) is 0 Å². The number of fused-ring (bicyclic) bond motifs is 1. The molecule has 4 aromatic rings. The molecule has 1 aromatic carbocycles. The van der Waals surface area contributed by atoms with Crippen molar-refractivity contribution in [2.24, 2.45) is 0 Å². The molecule has 11 heteroatoms. The topological polar surface area (TPSA) is 121 Å². The number of likely N-dealkylation sites (tertiary alicyclic amines) is 1. The zero-order chi connectivity index (χ0) is 18.4. The van der Waals surface area contributed by atoms with E-state index in [2.05, 4.69) is 35.7 Å². The Bertz CT molecular complexity index is 1120. The molecule has 3 aromatic heterocycles. The number of hydrogen-bond donors (Lipinski definition) is 2. The van der Waals surface area contributed by atoms with Crippen molar-refractivity contribution in [1.82, 2.24) is 45.3 Å². The third kappa shape index (κ3) is 2.55. The minimum Gasteiger partial charge on any atom is -0.340 e. The van der Waals surface area contributed by atoms with Crippen LogP contribution in [0.1, 0.15) is 35.1 Å². The molecular formula is C16H14FN9O. The van der Waals surface area contributed by atoms with Gasteiger partial charge in [0.25, 0.3) is 5.91 Å². The molecule has 0 aliphatic carbocycles. The van der Waals surface area contributed by atoms with Crippen molar-refractivity contribution in [2.45, 2.75) is 18.9 Å². The van der Waals surface area contributed by atoms with Crippen molar-refractivity contribution in [3.05, 3.63) is 47.9 Å². The molecule has 0 bridgehead atoms. The average Bonchev–Trinajstić information content (AvgIpc) is 3.46. The maximum atomic E-state index is 13.5. The largest absolute Gasteiger partial charge is 0.340 e. The number of imidazole rings is 1. The van der Waals surface area contributed by atoms with Crippen LogP contribution >= 0.6 is 0 Å². The molecule has 0 radical (unpaired) electrons. The van der Waals surface area contributed by atoms with Crippen LogP contribution in [0.15, 0.2) is 30.7 Å². The molecule has 1 aliphatic heterocycles. The number of rotatable bonds is 3. The molecule has 136 valence electrons. The zero-order valence-corrected chi connectivity index (χ0v) is 14.0. The Hall–Kier alpha value is -3.63. The lowest BCUT2D eigenvalue weighted by atomic mass is 10.2. The van der Waals surface area contributed by atoms with E-state index in [4.69, 9.17) is 0 Å². The summed E-state index contributed by atoms with van der Waals surface area (Å²) in [7, 11) is 0. The van der Waals surface area contributed by atoms with Crippen molar-refractivity contribution in [2.75, 3.05) is 6.54 Å². The second-order valence-corrected chi connectivity index (χ2v) is 6.33. The number of nitrogens with zero attached hydrogens (tertiary/aromatic N) is 7. The van der Waals surface area contributed by atoms with Gasteiger partial charge in [0.15, 0.2) is 5.82 Å². The maximum Gasteiger partial charge on any atom is 0.259 e. The number of tetrazole rings is 1. The number of halogens is 1. The Balaban J connectivity index is 1.49. The lowest BCUT2D eigenvalue weighted by Crippen LogP contribution is -2.31. The molecule has 2 N–H and O–H groups in total. The lowest BCUT2D eigenvalue weighted by molar-refractivity contribution is 0.0730. The van der Waals surface area contributed by atoms with E-state index in [9.17, 15) is 9.18 Å². The predicted molar refractivity (Wildman–Crippen MR) is 90.4 cm³/mol. The van der Waals surface area contributed by atoms with E-state index < -0.39 is 0 Å². The molecular weight excluding hydrogens is 353 g/mol. The van der Waals surface area contributed by atoms with Crippen LogP contribution in [0.4, 0.5) is 4.39 Å². The fourth-order valence-corrected chi connectivity index (χ4v) is 3.48. The third-order valence-corrected chi connectivity index (χ3v) is 4.72. The summed E-state index contributed by atoms with van der Waals surface area (Å²) in [5.41, 5.74) is 1.65. The Morgan fingerprint density at radius 3 is 3.11 bits per heavy atom. The number of aromatic nitrogens is 8. The first-order valence-corrected chi connectivity index (χ1v) is 8.43. The van der Waals surface area contributed by atoms with E-state index in [-0.39, 0.29) is 17.8 Å². The highest BCUT2D eigenvalue weighted by Crippen LogP contribution is 2.33. The number of hydrogen-bond acceptors (Lipinski definition) is 6. The molecule has 1 atom stereocenters. The SMILES string of the molecule is O=C(c1cn[nH]c1-n1cnnn1)N1CCC[C@H]1c1nc2ccc(F)cc2[nH]1. The fraction of sp³-hybridized carbons (Fsp3) is 0.250. The maximum absolute atomic E-state index is 13.5. The summed E-state index contributed by atoms with van der Waals surface area (Å²) >= 11 is 0. The summed E-state index contributed by atoms with van der Waals surface area (Å²) < 4.78 is 14.8. The zero-order valence-electron chi connectivity index (χ0n) is 14.0. The van der Waals surface area contributed by atoms with Crippen LogP contribution < -0.4 is 0 Å². The van der Waals surface area contributed by atoms with Gasteiger partial charge in [-0.25, -0.2) is 9.37 Å². The van der Waals surface area contributed by atoms with Crippen LogP contribution in [0.25, 0.3) is 16.9 Å². The van der Waals surface area contributed by atoms with Crippen LogP contribution in [0.5, 0.6) is 0 Å². The number of nitrogens with one attached hydrogen (secondary N) is 2. The first-order valence-electron chi connectivity index (χ1n) is 8.43. The monoisotopic (exact) mass is 367 g/mol. The summed E-state index contributed by atoms with van der Waals surface area (Å²) in [6, 6.07) is 4.18. The van der Waals surface area contributed by atoms with E-state index >= 15 is 0 Å². The third-order valence-electron chi connectivity index (χ3n) is 4.72. The van der Waals surface area contributed by atoms with E-state index in [1.165, 1.54) is 29.3 Å². The van der Waals surface area contributed by atoms with Gasteiger partial charge < -0.3 is 9.88 Å². The highest BCUT2D eigenvalue weighted by molar-refractivity contribution is 5.97. The summed E-state index contributed by atoms with van der Waals surface area (Å²) in [5.74, 6) is 0.529. The van der Waals surface area contributed by atoms with Gasteiger partial charge in [-0.15, -0.1) is 5.10 Å². The van der Waals surface area contributed by atoms with Crippen molar-refractivity contribution >= 4 is 16.9 Å². The van der Waals surface area contributed by atoms with Gasteiger partial charge >= 0.3 is 0 Å². The van der Waals surface area contributed by atoms with Crippen molar-refractivity contribution in [3.63, 3.8) is 0 Å². The van der Waals surface area contributed by atoms with E-state index in [0.717, 1.165) is 12.8 Å². The van der Waals surface area contributed by atoms with Crippen LogP contribution in [0.2, 0.25) is 0 Å². The van der Waals surface area contributed by atoms with E-state index in [1.807, 2.05) is 0 Å². The summed E-state index contributed by atoms with van der Waals surface area (Å²) in [6.45, 7) is 0.592. The van der Waals surface area contributed by atoms with Crippen LogP contribution in [-0.2, 0) is 0 Å². The van der Waals surface area contributed by atoms with Crippen molar-refractivity contribution < 1.29 is 9.18 Å². The standard InChI is InChI=1S/C16H14FN9O/c17-9-3-4-11-12(6-9)21-14(20-11)13-2-1-5-25(13)16(27)10-7-18-22-15(10)26-8-19-23-24-26/h3-4,6-8,13H,1-2,5H2,(H,18,22)(H,20,21)/t13-/m0/s1. The smallest absolute Gasteiger partial charge is 0.259 e. The van der Waals surface area contributed by atoms with Gasteiger partial charge in [0.1, 0.15) is 23.5 Å². The summed E-state index contributed by atoms with van der Waals surface area (Å²) in [5, 5.41) is 17.7. The Labute approximate surface area is 151 Å². The van der Waals surface area contributed by atoms with E-state index in [0.29, 0.717) is 34.8 Å². The molecule has 1 saturated heterocycles. The van der Waals surface area contributed by atoms with Gasteiger partial charge in [0.05, 0.1) is 23.3 Å². The van der Waals surface area contributed by atoms with Gasteiger partial charge in [0, 0.05) is 6.54 Å². The van der Waals surface area contributed by atoms with Crippen LogP contribution in [0.3, 0.4) is 0 Å². The molecule has 27 heavy (non-hydrogen) atoms. The molecule has 1 aliphatic rings. The van der Waals surface area contributed by atoms with Crippen LogP contribution in [-0.4, -0.2) is 57.7 Å². The minimum atomic E-state index is -0.332. The van der Waals surface area contributed by atoms with Gasteiger partial charge in [-0.3, -0.25) is 9.89 Å². The Morgan fingerprint density at radius 2 is 2.26 bits per heavy atom. The first-order chi connectivity index (χ1) is 13.2. The highest BCUT2D eigenvalue weighted by Gasteiger charge is 2.34. The second kappa shape index (κ2) is 5.97. The molecule has 5 rings (SSSR count). The molecule has 1 amide bonds. The number of amides is 1. The molecule has 10 nitrogen and oxygen atoms in total. The molecule has 0 spiro atoms. The van der Waals surface area contributed by atoms with Crippen LogP contribution in [0, 0.1) is 5.82 Å². The number of carbonyl (C=O) groups is 1. The quantitative estimate of drug-likeness (QED) is 0.564. The fourth-order valence-electron chi connectivity index (χ4n) is 3.48. The normalized spacial score (nSPS) is 17.1. The minimum absolute atomic E-state index is 0.191. The Kier molecular flexibility index (Phi) is 3.45. The molecule has 1 fully saturated rings. The molecule has 0 saturated carbocycles. The van der Waals surface area contributed by atoms with Crippen molar-refractivity contribution in [3.8, 4) is 5.82 Å².